The number of benzene rings is 2. The number of rotatable bonds is 2. The molecule has 5 heteroatoms. The van der Waals surface area contributed by atoms with E-state index in [2.05, 4.69) is 11.0 Å². The van der Waals surface area contributed by atoms with E-state index < -0.39 is 0 Å². The molecule has 2 aliphatic heterocycles. The molecule has 21 heavy (non-hydrogen) atoms. The average molecular weight is 303 g/mol. The highest BCUT2D eigenvalue weighted by Crippen LogP contribution is 2.42. The fraction of sp³-hybridized carbons (Fsp3) is 0.250. The van der Waals surface area contributed by atoms with Crippen molar-refractivity contribution in [1.29, 1.82) is 0 Å². The molecule has 2 aromatic carbocycles. The summed E-state index contributed by atoms with van der Waals surface area (Å²) in [5, 5.41) is 0.750. The molecule has 0 fully saturated rings. The number of anilines is 1. The average Bonchev–Trinajstić information content (AvgIpc) is 3.09. The zero-order valence-electron chi connectivity index (χ0n) is 11.4. The van der Waals surface area contributed by atoms with Gasteiger partial charge in [0.15, 0.2) is 11.5 Å². The van der Waals surface area contributed by atoms with E-state index in [9.17, 15) is 0 Å². The van der Waals surface area contributed by atoms with Crippen LogP contribution in [0, 0.1) is 0 Å². The normalized spacial score (nSPS) is 19.0. The van der Waals surface area contributed by atoms with Crippen LogP contribution in [0.25, 0.3) is 0 Å². The lowest BCUT2D eigenvalue weighted by Gasteiger charge is -2.26. The first kappa shape index (κ1) is 12.8. The predicted octanol–water partition coefficient (Wildman–Crippen LogP) is 3.09. The van der Waals surface area contributed by atoms with Gasteiger partial charge < -0.3 is 20.1 Å². The van der Waals surface area contributed by atoms with E-state index >= 15 is 0 Å². The molecule has 4 rings (SSSR count). The van der Waals surface area contributed by atoms with Crippen LogP contribution in [-0.2, 0) is 6.54 Å². The number of hydrogen-bond donors (Lipinski definition) is 1. The molecule has 0 radical (unpaired) electrons. The summed E-state index contributed by atoms with van der Waals surface area (Å²) in [6, 6.07) is 12.2. The summed E-state index contributed by atoms with van der Waals surface area (Å²) in [6.07, 6.45) is 0. The largest absolute Gasteiger partial charge is 0.454 e. The van der Waals surface area contributed by atoms with E-state index in [-0.39, 0.29) is 12.8 Å². The molecule has 4 nitrogen and oxygen atoms in total. The van der Waals surface area contributed by atoms with Crippen LogP contribution < -0.4 is 20.1 Å². The number of nitrogens with zero attached hydrogens (tertiary/aromatic N) is 1. The minimum absolute atomic E-state index is 0.138. The van der Waals surface area contributed by atoms with Gasteiger partial charge in [0, 0.05) is 29.9 Å². The standard InChI is InChI=1S/C16H15ClN2O2/c17-11-2-1-10-8-19(14(7-18)13(10)5-11)12-3-4-15-16(6-12)21-9-20-15/h1-6,14H,7-9,18H2. The first-order chi connectivity index (χ1) is 10.3. The smallest absolute Gasteiger partial charge is 0.231 e. The summed E-state index contributed by atoms with van der Waals surface area (Å²) in [4.78, 5) is 2.28. The maximum Gasteiger partial charge on any atom is 0.231 e. The maximum absolute atomic E-state index is 6.12. The second-order valence-corrected chi connectivity index (χ2v) is 5.70. The van der Waals surface area contributed by atoms with Gasteiger partial charge in [0.25, 0.3) is 0 Å². The van der Waals surface area contributed by atoms with Gasteiger partial charge in [-0.05, 0) is 35.4 Å². The topological polar surface area (TPSA) is 47.7 Å². The Kier molecular flexibility index (Phi) is 2.94. The molecule has 0 spiro atoms. The third-order valence-electron chi connectivity index (χ3n) is 4.09. The van der Waals surface area contributed by atoms with E-state index in [4.69, 9.17) is 26.8 Å². The number of ether oxygens (including phenoxy) is 2. The van der Waals surface area contributed by atoms with Gasteiger partial charge in [-0.1, -0.05) is 17.7 Å². The van der Waals surface area contributed by atoms with Crippen LogP contribution in [0.4, 0.5) is 5.69 Å². The summed E-state index contributed by atoms with van der Waals surface area (Å²) >= 11 is 6.12. The Hall–Kier alpha value is -1.91. The summed E-state index contributed by atoms with van der Waals surface area (Å²) in [7, 11) is 0. The molecule has 2 aromatic rings. The van der Waals surface area contributed by atoms with Crippen LogP contribution in [0.3, 0.4) is 0 Å². The summed E-state index contributed by atoms with van der Waals surface area (Å²) in [5.41, 5.74) is 9.57. The maximum atomic E-state index is 6.12. The van der Waals surface area contributed by atoms with Gasteiger partial charge >= 0.3 is 0 Å². The molecule has 2 N–H and O–H groups in total. The van der Waals surface area contributed by atoms with E-state index in [0.717, 1.165) is 28.8 Å². The second kappa shape index (κ2) is 4.83. The predicted molar refractivity (Wildman–Crippen MR) is 82.0 cm³/mol. The molecule has 0 aliphatic carbocycles. The third-order valence-corrected chi connectivity index (χ3v) is 4.33. The summed E-state index contributed by atoms with van der Waals surface area (Å²) in [5.74, 6) is 1.58. The molecular weight excluding hydrogens is 288 g/mol. The highest BCUT2D eigenvalue weighted by Gasteiger charge is 2.30. The van der Waals surface area contributed by atoms with Crippen molar-refractivity contribution in [2.24, 2.45) is 5.73 Å². The van der Waals surface area contributed by atoms with Crippen molar-refractivity contribution in [1.82, 2.24) is 0 Å². The van der Waals surface area contributed by atoms with Gasteiger partial charge in [-0.25, -0.2) is 0 Å². The lowest BCUT2D eigenvalue weighted by Crippen LogP contribution is -2.27. The quantitative estimate of drug-likeness (QED) is 0.926. The Labute approximate surface area is 128 Å². The first-order valence-corrected chi connectivity index (χ1v) is 7.29. The Morgan fingerprint density at radius 1 is 1.14 bits per heavy atom. The van der Waals surface area contributed by atoms with Gasteiger partial charge in [-0.3, -0.25) is 0 Å². The molecular formula is C16H15ClN2O2. The first-order valence-electron chi connectivity index (χ1n) is 6.91. The number of nitrogens with two attached hydrogens (primary N) is 1. The summed E-state index contributed by atoms with van der Waals surface area (Å²) in [6.45, 7) is 1.66. The van der Waals surface area contributed by atoms with Crippen LogP contribution in [0.2, 0.25) is 5.02 Å². The molecule has 0 saturated heterocycles. The van der Waals surface area contributed by atoms with Crippen molar-refractivity contribution in [3.05, 3.63) is 52.5 Å². The van der Waals surface area contributed by atoms with E-state index in [1.165, 1.54) is 11.1 Å². The summed E-state index contributed by atoms with van der Waals surface area (Å²) < 4.78 is 10.8. The molecule has 0 amide bonds. The second-order valence-electron chi connectivity index (χ2n) is 5.26. The fourth-order valence-electron chi connectivity index (χ4n) is 3.07. The van der Waals surface area contributed by atoms with Crippen molar-refractivity contribution in [2.45, 2.75) is 12.6 Å². The Bertz CT molecular complexity index is 705. The van der Waals surface area contributed by atoms with E-state index in [0.29, 0.717) is 6.54 Å². The van der Waals surface area contributed by atoms with E-state index in [1.54, 1.807) is 0 Å². The van der Waals surface area contributed by atoms with Crippen molar-refractivity contribution < 1.29 is 9.47 Å². The molecule has 0 bridgehead atoms. The fourth-order valence-corrected chi connectivity index (χ4v) is 3.25. The van der Waals surface area contributed by atoms with Crippen molar-refractivity contribution in [3.8, 4) is 11.5 Å². The lowest BCUT2D eigenvalue weighted by atomic mass is 10.1. The lowest BCUT2D eigenvalue weighted by molar-refractivity contribution is 0.174. The Morgan fingerprint density at radius 3 is 2.86 bits per heavy atom. The van der Waals surface area contributed by atoms with Crippen LogP contribution in [-0.4, -0.2) is 13.3 Å². The molecule has 2 heterocycles. The Morgan fingerprint density at radius 2 is 2.00 bits per heavy atom. The van der Waals surface area contributed by atoms with Gasteiger partial charge in [-0.15, -0.1) is 0 Å². The number of fused-ring (bicyclic) bond motifs is 2. The van der Waals surface area contributed by atoms with Crippen molar-refractivity contribution in [3.63, 3.8) is 0 Å². The molecule has 1 atom stereocenters. The minimum Gasteiger partial charge on any atom is -0.454 e. The van der Waals surface area contributed by atoms with E-state index in [1.807, 2.05) is 30.3 Å². The monoisotopic (exact) mass is 302 g/mol. The molecule has 108 valence electrons. The minimum atomic E-state index is 0.138. The third kappa shape index (κ3) is 2.03. The zero-order chi connectivity index (χ0) is 14.4. The zero-order valence-corrected chi connectivity index (χ0v) is 12.1. The van der Waals surface area contributed by atoms with Gasteiger partial charge in [0.2, 0.25) is 6.79 Å². The van der Waals surface area contributed by atoms with Crippen LogP contribution >= 0.6 is 11.6 Å². The molecule has 2 aliphatic rings. The van der Waals surface area contributed by atoms with Crippen molar-refractivity contribution >= 4 is 17.3 Å². The molecule has 0 saturated carbocycles. The highest BCUT2D eigenvalue weighted by molar-refractivity contribution is 6.30. The highest BCUT2D eigenvalue weighted by atomic mass is 35.5. The van der Waals surface area contributed by atoms with Gasteiger partial charge in [0.05, 0.1) is 6.04 Å². The van der Waals surface area contributed by atoms with Gasteiger partial charge in [0.1, 0.15) is 0 Å². The molecule has 0 aromatic heterocycles. The van der Waals surface area contributed by atoms with Crippen LogP contribution in [0.15, 0.2) is 36.4 Å². The number of hydrogen-bond acceptors (Lipinski definition) is 4. The SMILES string of the molecule is NCC1c2cc(Cl)ccc2CN1c1ccc2c(c1)OCO2. The van der Waals surface area contributed by atoms with Crippen molar-refractivity contribution in [2.75, 3.05) is 18.2 Å². The van der Waals surface area contributed by atoms with Crippen LogP contribution in [0.5, 0.6) is 11.5 Å². The Balaban J connectivity index is 1.73. The van der Waals surface area contributed by atoms with Gasteiger partial charge in [-0.2, -0.15) is 0 Å². The van der Waals surface area contributed by atoms with Crippen LogP contribution in [0.1, 0.15) is 17.2 Å². The number of halogens is 1. The molecule has 1 unspecified atom stereocenters.